The number of anilines is 1. The lowest BCUT2D eigenvalue weighted by atomic mass is 10.2. The summed E-state index contributed by atoms with van der Waals surface area (Å²) in [6, 6.07) is 0. The number of nitrogens with zero attached hydrogens (tertiary/aromatic N) is 11. The van der Waals surface area contributed by atoms with Crippen molar-refractivity contribution in [1.29, 1.82) is 0 Å². The molecule has 1 atom stereocenters. The number of hydrogen-bond donors (Lipinski definition) is 0. The van der Waals surface area contributed by atoms with E-state index in [1.807, 2.05) is 10.3 Å². The van der Waals surface area contributed by atoms with E-state index in [4.69, 9.17) is 4.99 Å². The molecule has 0 saturated heterocycles. The van der Waals surface area contributed by atoms with Gasteiger partial charge in [-0.3, -0.25) is 14.9 Å². The smallest absolute Gasteiger partial charge is 0.183 e. The molecule has 11 nitrogen and oxygen atoms in total. The average molecular weight is 413 g/mol. The third-order valence-corrected chi connectivity index (χ3v) is 5.17. The van der Waals surface area contributed by atoms with Crippen LogP contribution in [0.15, 0.2) is 45.7 Å². The molecule has 0 radical (unpaired) electrons. The maximum atomic E-state index is 4.74. The zero-order valence-corrected chi connectivity index (χ0v) is 15.6. The summed E-state index contributed by atoms with van der Waals surface area (Å²) in [4.78, 5) is 19.8. The molecule has 4 aromatic rings. The lowest BCUT2D eigenvalue weighted by molar-refractivity contribution is 0.701. The summed E-state index contributed by atoms with van der Waals surface area (Å²) in [5, 5.41) is 14.7. The molecule has 0 bridgehead atoms. The molecular weight excluding hydrogens is 406 g/mol. The van der Waals surface area contributed by atoms with Crippen LogP contribution in [0.1, 0.15) is 22.6 Å². The van der Waals surface area contributed by atoms with Gasteiger partial charge >= 0.3 is 0 Å². The van der Waals surface area contributed by atoms with E-state index in [9.17, 15) is 0 Å². The van der Waals surface area contributed by atoms with E-state index in [1.165, 1.54) is 22.9 Å². The van der Waals surface area contributed by atoms with Gasteiger partial charge in [-0.15, -0.1) is 15.3 Å². The number of aromatic nitrogens is 8. The molecule has 27 heavy (non-hydrogen) atoms. The topological polar surface area (TPSA) is 131 Å². The third-order valence-electron chi connectivity index (χ3n) is 3.51. The molecule has 0 fully saturated rings. The Morgan fingerprint density at radius 2 is 2.11 bits per heavy atom. The van der Waals surface area contributed by atoms with Crippen LogP contribution in [0.4, 0.5) is 5.82 Å². The molecule has 132 valence electrons. The van der Waals surface area contributed by atoms with Gasteiger partial charge in [0, 0.05) is 12.4 Å². The Hall–Kier alpha value is -3.10. The molecule has 14 heteroatoms. The van der Waals surface area contributed by atoms with Gasteiger partial charge in [0.15, 0.2) is 28.7 Å². The lowest BCUT2D eigenvalue weighted by Gasteiger charge is -2.31. The van der Waals surface area contributed by atoms with Crippen molar-refractivity contribution in [2.75, 3.05) is 4.90 Å². The second kappa shape index (κ2) is 6.90. The van der Waals surface area contributed by atoms with Gasteiger partial charge in [0.2, 0.25) is 0 Å². The quantitative estimate of drug-likeness (QED) is 0.487. The predicted octanol–water partition coefficient (Wildman–Crippen LogP) is 1.44. The Kier molecular flexibility index (Phi) is 4.11. The summed E-state index contributed by atoms with van der Waals surface area (Å²) in [6.45, 7) is 0. The Bertz CT molecular complexity index is 1070. The number of amidine groups is 2. The fraction of sp³-hybridized carbons (Fsp3) is 0.0769. The fourth-order valence-corrected chi connectivity index (χ4v) is 3.80. The molecule has 1 aliphatic heterocycles. The Balaban J connectivity index is 1.72. The average Bonchev–Trinajstić information content (AvgIpc) is 3.51. The van der Waals surface area contributed by atoms with Crippen LogP contribution in [0, 0.1) is 0 Å². The predicted molar refractivity (Wildman–Crippen MR) is 100 cm³/mol. The Morgan fingerprint density at radius 3 is 2.81 bits per heavy atom. The van der Waals surface area contributed by atoms with E-state index in [0.717, 1.165) is 11.7 Å². The van der Waals surface area contributed by atoms with Crippen molar-refractivity contribution in [2.24, 2.45) is 9.98 Å². The van der Waals surface area contributed by atoms with Crippen LogP contribution in [0.5, 0.6) is 0 Å². The summed E-state index contributed by atoms with van der Waals surface area (Å²) in [6.07, 6.45) is 5.94. The van der Waals surface area contributed by atoms with Crippen LogP contribution in [0.2, 0.25) is 0 Å². The molecule has 0 spiro atoms. The van der Waals surface area contributed by atoms with Crippen molar-refractivity contribution in [3.05, 3.63) is 52.1 Å². The first kappa shape index (κ1) is 16.1. The van der Waals surface area contributed by atoms with Gasteiger partial charge in [-0.05, 0) is 11.5 Å². The molecule has 0 aliphatic carbocycles. The number of hydrogen-bond acceptors (Lipinski definition) is 14. The van der Waals surface area contributed by atoms with E-state index in [0.29, 0.717) is 33.9 Å². The van der Waals surface area contributed by atoms with E-state index < -0.39 is 6.17 Å². The van der Waals surface area contributed by atoms with Gasteiger partial charge in [-0.1, -0.05) is 15.8 Å². The number of aliphatic imine (C=N–C) groups is 2. The fourth-order valence-electron chi connectivity index (χ4n) is 2.42. The van der Waals surface area contributed by atoms with Gasteiger partial charge in [-0.25, -0.2) is 9.98 Å². The van der Waals surface area contributed by atoms with Gasteiger partial charge in [0.05, 0.1) is 29.5 Å². The molecule has 0 saturated carbocycles. The maximum Gasteiger partial charge on any atom is 0.183 e. The monoisotopic (exact) mass is 413 g/mol. The number of rotatable bonds is 4. The van der Waals surface area contributed by atoms with Crippen LogP contribution < -0.4 is 4.90 Å². The minimum atomic E-state index is -0.560. The van der Waals surface area contributed by atoms with E-state index in [1.54, 1.807) is 30.3 Å². The highest BCUT2D eigenvalue weighted by Crippen LogP contribution is 2.32. The molecule has 1 unspecified atom stereocenters. The lowest BCUT2D eigenvalue weighted by Crippen LogP contribution is -2.39. The van der Waals surface area contributed by atoms with E-state index in [-0.39, 0.29) is 0 Å². The first-order valence-corrected chi connectivity index (χ1v) is 9.88. The first-order valence-electron chi connectivity index (χ1n) is 7.43. The van der Waals surface area contributed by atoms with Crippen LogP contribution in [0.3, 0.4) is 0 Å². The van der Waals surface area contributed by atoms with Crippen LogP contribution in [-0.2, 0) is 0 Å². The van der Waals surface area contributed by atoms with Crippen molar-refractivity contribution in [3.8, 4) is 0 Å². The second-order valence-electron chi connectivity index (χ2n) is 5.06. The standard InChI is InChI=1S/C13H7N11S3/c1-2-15-8(3-14-1)11-18-10(7-4-17-27-22-7)19-12(13-21-16-6-25-13)24(11)9-5-26-23-20-9/h1-6,11H. The molecular formula is C13H7N11S3. The molecule has 5 heterocycles. The largest absolute Gasteiger partial charge is 0.277 e. The van der Waals surface area contributed by atoms with Crippen LogP contribution in [-0.4, -0.2) is 50.2 Å². The Labute approximate surface area is 163 Å². The first-order chi connectivity index (χ1) is 13.4. The molecule has 0 N–H and O–H groups in total. The highest BCUT2D eigenvalue weighted by molar-refractivity contribution is 7.11. The molecule has 0 aromatic carbocycles. The minimum absolute atomic E-state index is 0.434. The summed E-state index contributed by atoms with van der Waals surface area (Å²) in [5.74, 6) is 1.56. The van der Waals surface area contributed by atoms with Crippen LogP contribution >= 0.6 is 34.6 Å². The SMILES string of the molecule is c1cnc(C2N=C(c3cnsn3)N=C(c3nncs3)N2c2csnn2)cn1. The van der Waals surface area contributed by atoms with Gasteiger partial charge in [-0.2, -0.15) is 8.75 Å². The highest BCUT2D eigenvalue weighted by atomic mass is 32.1. The summed E-state index contributed by atoms with van der Waals surface area (Å²) >= 11 is 3.69. The molecule has 1 aliphatic rings. The maximum absolute atomic E-state index is 4.74. The van der Waals surface area contributed by atoms with Gasteiger partial charge in [0.1, 0.15) is 16.9 Å². The van der Waals surface area contributed by atoms with Crippen molar-refractivity contribution in [2.45, 2.75) is 6.17 Å². The summed E-state index contributed by atoms with van der Waals surface area (Å²) in [5.41, 5.74) is 2.85. The zero-order chi connectivity index (χ0) is 18.1. The molecule has 0 amide bonds. The molecule has 5 rings (SSSR count). The van der Waals surface area contributed by atoms with E-state index >= 15 is 0 Å². The van der Waals surface area contributed by atoms with Crippen LogP contribution in [0.25, 0.3) is 0 Å². The zero-order valence-electron chi connectivity index (χ0n) is 13.2. The van der Waals surface area contributed by atoms with Crippen molar-refractivity contribution in [3.63, 3.8) is 0 Å². The summed E-state index contributed by atoms with van der Waals surface area (Å²) < 4.78 is 12.3. The summed E-state index contributed by atoms with van der Waals surface area (Å²) in [7, 11) is 0. The normalized spacial score (nSPS) is 16.9. The van der Waals surface area contributed by atoms with Crippen molar-refractivity contribution in [1.82, 2.24) is 38.5 Å². The second-order valence-corrected chi connectivity index (χ2v) is 7.06. The van der Waals surface area contributed by atoms with E-state index in [2.05, 4.69) is 43.5 Å². The third kappa shape index (κ3) is 2.98. The van der Waals surface area contributed by atoms with Gasteiger partial charge < -0.3 is 0 Å². The Morgan fingerprint density at radius 1 is 1.11 bits per heavy atom. The molecule has 4 aromatic heterocycles. The van der Waals surface area contributed by atoms with Crippen molar-refractivity contribution >= 4 is 52.1 Å². The highest BCUT2D eigenvalue weighted by Gasteiger charge is 2.35. The minimum Gasteiger partial charge on any atom is -0.277 e. The van der Waals surface area contributed by atoms with Gasteiger partial charge in [0.25, 0.3) is 0 Å². The van der Waals surface area contributed by atoms with Crippen molar-refractivity contribution < 1.29 is 0 Å².